The third kappa shape index (κ3) is 2.59. The van der Waals surface area contributed by atoms with Gasteiger partial charge in [-0.05, 0) is 18.6 Å². The Bertz CT molecular complexity index is 656. The van der Waals surface area contributed by atoms with E-state index in [4.69, 9.17) is 11.6 Å². The van der Waals surface area contributed by atoms with Gasteiger partial charge in [0.2, 0.25) is 0 Å². The Kier molecular flexibility index (Phi) is 3.80. The number of nitrogens with one attached hydrogen (secondary N) is 1. The molecule has 5 nitrogen and oxygen atoms in total. The van der Waals surface area contributed by atoms with Gasteiger partial charge in [0.25, 0.3) is 5.56 Å². The van der Waals surface area contributed by atoms with Crippen molar-refractivity contribution in [1.29, 1.82) is 0 Å². The fourth-order valence-electron chi connectivity index (χ4n) is 2.45. The molecule has 0 aromatic carbocycles. The van der Waals surface area contributed by atoms with Gasteiger partial charge in [0.05, 0.1) is 5.69 Å². The number of halogens is 1. The average molecular weight is 291 g/mol. The lowest BCUT2D eigenvalue weighted by Crippen LogP contribution is -2.36. The molecule has 0 spiro atoms. The molecular formula is C14H15ClN4O. The van der Waals surface area contributed by atoms with Crippen LogP contribution in [0.4, 0.5) is 0 Å². The molecule has 3 rings (SSSR count). The van der Waals surface area contributed by atoms with Crippen LogP contribution in [0.1, 0.15) is 11.3 Å². The number of pyridine rings is 1. The largest absolute Gasteiger partial charge is 0.306 e. The Morgan fingerprint density at radius 2 is 2.15 bits per heavy atom. The maximum Gasteiger partial charge on any atom is 0.254 e. The molecule has 0 saturated heterocycles. The maximum absolute atomic E-state index is 12.2. The number of hydrogen-bond donors (Lipinski definition) is 1. The minimum atomic E-state index is -0.0349. The Hall–Kier alpha value is -1.72. The van der Waals surface area contributed by atoms with E-state index in [2.05, 4.69) is 19.9 Å². The van der Waals surface area contributed by atoms with Crippen LogP contribution in [0.15, 0.2) is 29.3 Å². The molecule has 6 heteroatoms. The smallest absolute Gasteiger partial charge is 0.254 e. The van der Waals surface area contributed by atoms with Crippen molar-refractivity contribution in [3.8, 4) is 11.4 Å². The van der Waals surface area contributed by atoms with Crippen molar-refractivity contribution in [2.45, 2.75) is 13.0 Å². The number of alkyl halides is 1. The van der Waals surface area contributed by atoms with E-state index in [1.807, 2.05) is 12.1 Å². The highest BCUT2D eigenvalue weighted by Crippen LogP contribution is 2.18. The van der Waals surface area contributed by atoms with Gasteiger partial charge >= 0.3 is 0 Å². The monoisotopic (exact) mass is 290 g/mol. The summed E-state index contributed by atoms with van der Waals surface area (Å²) in [5.74, 6) is 1.19. The number of rotatable bonds is 3. The van der Waals surface area contributed by atoms with Crippen molar-refractivity contribution >= 4 is 11.6 Å². The summed E-state index contributed by atoms with van der Waals surface area (Å²) in [5.41, 5.74) is 2.49. The predicted octanol–water partition coefficient (Wildman–Crippen LogP) is 1.43. The second-order valence-electron chi connectivity index (χ2n) is 4.79. The SMILES string of the molecule is O=c1[nH]c(-c2ccncc2)nc2c1CCN(CCCl)C2. The summed E-state index contributed by atoms with van der Waals surface area (Å²) >= 11 is 5.78. The lowest BCUT2D eigenvalue weighted by molar-refractivity contribution is 0.264. The lowest BCUT2D eigenvalue weighted by atomic mass is 10.1. The summed E-state index contributed by atoms with van der Waals surface area (Å²) in [5, 5.41) is 0. The molecule has 2 aromatic heterocycles. The lowest BCUT2D eigenvalue weighted by Gasteiger charge is -2.26. The zero-order valence-electron chi connectivity index (χ0n) is 11.0. The van der Waals surface area contributed by atoms with Crippen LogP contribution in [0, 0.1) is 0 Å². The molecule has 1 N–H and O–H groups in total. The molecule has 0 bridgehead atoms. The van der Waals surface area contributed by atoms with Gasteiger partial charge in [-0.1, -0.05) is 0 Å². The summed E-state index contributed by atoms with van der Waals surface area (Å²) in [6.45, 7) is 2.36. The molecule has 2 aromatic rings. The van der Waals surface area contributed by atoms with Gasteiger partial charge in [-0.2, -0.15) is 0 Å². The second-order valence-corrected chi connectivity index (χ2v) is 5.17. The summed E-state index contributed by atoms with van der Waals surface area (Å²) in [4.78, 5) is 25.8. The van der Waals surface area contributed by atoms with E-state index < -0.39 is 0 Å². The summed E-state index contributed by atoms with van der Waals surface area (Å²) in [7, 11) is 0. The van der Waals surface area contributed by atoms with Crippen LogP contribution < -0.4 is 5.56 Å². The van der Waals surface area contributed by atoms with Crippen LogP contribution in [-0.4, -0.2) is 38.8 Å². The first kappa shape index (κ1) is 13.3. The predicted molar refractivity (Wildman–Crippen MR) is 77.8 cm³/mol. The highest BCUT2D eigenvalue weighted by Gasteiger charge is 2.20. The number of aromatic nitrogens is 3. The molecule has 1 aliphatic rings. The molecule has 0 unspecified atom stereocenters. The number of hydrogen-bond acceptors (Lipinski definition) is 4. The van der Waals surface area contributed by atoms with Gasteiger partial charge in [0.15, 0.2) is 0 Å². The van der Waals surface area contributed by atoms with Crippen LogP contribution in [0.5, 0.6) is 0 Å². The minimum Gasteiger partial charge on any atom is -0.306 e. The molecule has 20 heavy (non-hydrogen) atoms. The number of aromatic amines is 1. The van der Waals surface area contributed by atoms with Gasteiger partial charge in [0, 0.05) is 49.0 Å². The average Bonchev–Trinajstić information content (AvgIpc) is 2.48. The Balaban J connectivity index is 1.99. The Labute approximate surface area is 121 Å². The second kappa shape index (κ2) is 5.73. The van der Waals surface area contributed by atoms with E-state index in [1.165, 1.54) is 0 Å². The van der Waals surface area contributed by atoms with E-state index in [0.717, 1.165) is 36.3 Å². The quantitative estimate of drug-likeness (QED) is 0.869. The zero-order valence-corrected chi connectivity index (χ0v) is 11.7. The van der Waals surface area contributed by atoms with Gasteiger partial charge in [0.1, 0.15) is 5.82 Å². The van der Waals surface area contributed by atoms with Crippen LogP contribution in [0.3, 0.4) is 0 Å². The van der Waals surface area contributed by atoms with Crippen LogP contribution in [0.25, 0.3) is 11.4 Å². The molecule has 0 aliphatic carbocycles. The molecule has 0 radical (unpaired) electrons. The van der Waals surface area contributed by atoms with Crippen LogP contribution >= 0.6 is 11.6 Å². The maximum atomic E-state index is 12.2. The van der Waals surface area contributed by atoms with Crippen molar-refractivity contribution in [2.24, 2.45) is 0 Å². The first-order chi connectivity index (χ1) is 9.78. The summed E-state index contributed by atoms with van der Waals surface area (Å²) in [6, 6.07) is 3.67. The first-order valence-corrected chi connectivity index (χ1v) is 7.12. The highest BCUT2D eigenvalue weighted by molar-refractivity contribution is 6.18. The molecule has 0 fully saturated rings. The molecule has 104 valence electrons. The standard InChI is InChI=1S/C14H15ClN4O/c15-4-8-19-7-3-11-12(9-19)17-13(18-14(11)20)10-1-5-16-6-2-10/h1-2,5-6H,3-4,7-9H2,(H,17,18,20). The van der Waals surface area contributed by atoms with Crippen LogP contribution in [0.2, 0.25) is 0 Å². The third-order valence-corrected chi connectivity index (χ3v) is 3.68. The highest BCUT2D eigenvalue weighted by atomic mass is 35.5. The fourth-order valence-corrected chi connectivity index (χ4v) is 2.69. The van der Waals surface area contributed by atoms with E-state index in [0.29, 0.717) is 18.2 Å². The van der Waals surface area contributed by atoms with Crippen molar-refractivity contribution in [3.05, 3.63) is 46.1 Å². The Morgan fingerprint density at radius 1 is 1.35 bits per heavy atom. The fraction of sp³-hybridized carbons (Fsp3) is 0.357. The summed E-state index contributed by atoms with van der Waals surface area (Å²) in [6.07, 6.45) is 4.11. The van der Waals surface area contributed by atoms with E-state index in [-0.39, 0.29) is 5.56 Å². The number of fused-ring (bicyclic) bond motifs is 1. The van der Waals surface area contributed by atoms with Gasteiger partial charge in [-0.15, -0.1) is 11.6 Å². The van der Waals surface area contributed by atoms with Gasteiger partial charge < -0.3 is 4.98 Å². The number of nitrogens with zero attached hydrogens (tertiary/aromatic N) is 3. The zero-order chi connectivity index (χ0) is 13.9. The van der Waals surface area contributed by atoms with E-state index >= 15 is 0 Å². The van der Waals surface area contributed by atoms with Crippen molar-refractivity contribution < 1.29 is 0 Å². The molecule has 3 heterocycles. The van der Waals surface area contributed by atoms with Crippen molar-refractivity contribution in [3.63, 3.8) is 0 Å². The summed E-state index contributed by atoms with van der Waals surface area (Å²) < 4.78 is 0. The Morgan fingerprint density at radius 3 is 2.90 bits per heavy atom. The van der Waals surface area contributed by atoms with E-state index in [9.17, 15) is 4.79 Å². The topological polar surface area (TPSA) is 61.9 Å². The molecule has 0 amide bonds. The first-order valence-electron chi connectivity index (χ1n) is 6.58. The van der Waals surface area contributed by atoms with E-state index in [1.54, 1.807) is 12.4 Å². The molecule has 0 saturated carbocycles. The third-order valence-electron chi connectivity index (χ3n) is 3.51. The van der Waals surface area contributed by atoms with Gasteiger partial charge in [-0.3, -0.25) is 14.7 Å². The van der Waals surface area contributed by atoms with Gasteiger partial charge in [-0.25, -0.2) is 4.98 Å². The van der Waals surface area contributed by atoms with Crippen molar-refractivity contribution in [1.82, 2.24) is 19.9 Å². The van der Waals surface area contributed by atoms with Crippen molar-refractivity contribution in [2.75, 3.05) is 19.0 Å². The molecule has 0 atom stereocenters. The minimum absolute atomic E-state index is 0.0349. The number of H-pyrrole nitrogens is 1. The molecule has 1 aliphatic heterocycles. The molecular weight excluding hydrogens is 276 g/mol. The normalized spacial score (nSPS) is 15.1. The van der Waals surface area contributed by atoms with Crippen LogP contribution in [-0.2, 0) is 13.0 Å².